The highest BCUT2D eigenvalue weighted by molar-refractivity contribution is 7.86. The highest BCUT2D eigenvalue weighted by Crippen LogP contribution is 2.40. The molecule has 2 aliphatic rings. The molecule has 0 unspecified atom stereocenters. The number of nitrogens with two attached hydrogens (primary N) is 1. The first-order valence-electron chi connectivity index (χ1n) is 5.88. The Morgan fingerprint density at radius 1 is 1.12 bits per heavy atom. The molecular weight excluding hydrogens is 226 g/mol. The summed E-state index contributed by atoms with van der Waals surface area (Å²) in [7, 11) is -1.34. The van der Waals surface area contributed by atoms with Gasteiger partial charge < -0.3 is 4.90 Å². The Morgan fingerprint density at radius 2 is 1.56 bits per heavy atom. The van der Waals surface area contributed by atoms with Gasteiger partial charge in [-0.15, -0.1) is 0 Å². The van der Waals surface area contributed by atoms with E-state index in [1.54, 1.807) is 0 Å². The summed E-state index contributed by atoms with van der Waals surface area (Å²) >= 11 is 0. The molecule has 2 aliphatic heterocycles. The van der Waals surface area contributed by atoms with Crippen LogP contribution >= 0.6 is 0 Å². The number of rotatable bonds is 1. The summed E-state index contributed by atoms with van der Waals surface area (Å²) in [5, 5.41) is 5.05. The fourth-order valence-electron chi connectivity index (χ4n) is 2.29. The van der Waals surface area contributed by atoms with Gasteiger partial charge in [-0.1, -0.05) is 13.8 Å². The highest BCUT2D eigenvalue weighted by atomic mass is 32.2. The Labute approximate surface area is 98.8 Å². The Bertz CT molecular complexity index is 313. The molecule has 0 radical (unpaired) electrons. The third kappa shape index (κ3) is 2.94. The van der Waals surface area contributed by atoms with Crippen LogP contribution in [0.15, 0.2) is 0 Å². The molecule has 0 aromatic carbocycles. The van der Waals surface area contributed by atoms with Crippen molar-refractivity contribution in [2.75, 3.05) is 33.2 Å². The monoisotopic (exact) mass is 249 g/mol. The summed E-state index contributed by atoms with van der Waals surface area (Å²) < 4.78 is 23.4. The van der Waals surface area contributed by atoms with E-state index < -0.39 is 10.2 Å². The minimum atomic E-state index is -3.44. The largest absolute Gasteiger partial charge is 0.306 e. The Balaban J connectivity index is 0.000000606. The van der Waals surface area contributed by atoms with Gasteiger partial charge in [-0.05, 0) is 33.0 Å². The topological polar surface area (TPSA) is 66.6 Å². The second-order valence-electron chi connectivity index (χ2n) is 4.62. The van der Waals surface area contributed by atoms with Gasteiger partial charge in [-0.3, -0.25) is 0 Å². The molecule has 0 bridgehead atoms. The Morgan fingerprint density at radius 3 is 1.94 bits per heavy atom. The molecule has 5 nitrogen and oxygen atoms in total. The predicted octanol–water partition coefficient (Wildman–Crippen LogP) is 0.244. The molecular formula is C10H23N3O2S. The van der Waals surface area contributed by atoms with Crippen molar-refractivity contribution in [3.63, 3.8) is 0 Å². The number of nitrogens with zero attached hydrogens (tertiary/aromatic N) is 2. The van der Waals surface area contributed by atoms with E-state index in [4.69, 9.17) is 5.14 Å². The van der Waals surface area contributed by atoms with E-state index in [0.29, 0.717) is 13.1 Å². The van der Waals surface area contributed by atoms with E-state index in [2.05, 4.69) is 11.9 Å². The van der Waals surface area contributed by atoms with Crippen molar-refractivity contribution >= 4 is 10.2 Å². The molecule has 1 spiro atoms. The van der Waals surface area contributed by atoms with Gasteiger partial charge in [0.25, 0.3) is 10.2 Å². The Hall–Kier alpha value is -0.170. The molecule has 96 valence electrons. The van der Waals surface area contributed by atoms with Gasteiger partial charge in [0.2, 0.25) is 0 Å². The maximum Gasteiger partial charge on any atom is 0.276 e. The molecule has 0 aromatic heterocycles. The second-order valence-corrected chi connectivity index (χ2v) is 6.16. The average molecular weight is 249 g/mol. The first-order chi connectivity index (χ1) is 7.41. The fourth-order valence-corrected chi connectivity index (χ4v) is 3.20. The van der Waals surface area contributed by atoms with Crippen LogP contribution in [0.2, 0.25) is 0 Å². The molecule has 2 fully saturated rings. The number of piperidine rings is 1. The van der Waals surface area contributed by atoms with Gasteiger partial charge in [0.1, 0.15) is 0 Å². The second kappa shape index (κ2) is 5.00. The fraction of sp³-hybridized carbons (Fsp3) is 1.00. The van der Waals surface area contributed by atoms with Crippen LogP contribution in [-0.2, 0) is 10.2 Å². The van der Waals surface area contributed by atoms with E-state index in [0.717, 1.165) is 25.9 Å². The maximum absolute atomic E-state index is 11.0. The molecule has 0 aromatic rings. The molecule has 2 N–H and O–H groups in total. The molecule has 2 heterocycles. The van der Waals surface area contributed by atoms with Crippen LogP contribution in [0.5, 0.6) is 0 Å². The summed E-state index contributed by atoms with van der Waals surface area (Å²) in [5.74, 6) is 0. The Kier molecular flexibility index (Phi) is 4.34. The smallest absolute Gasteiger partial charge is 0.276 e. The van der Waals surface area contributed by atoms with E-state index in [-0.39, 0.29) is 5.41 Å². The van der Waals surface area contributed by atoms with Crippen molar-refractivity contribution in [3.05, 3.63) is 0 Å². The van der Waals surface area contributed by atoms with Crippen LogP contribution in [0.25, 0.3) is 0 Å². The zero-order valence-corrected chi connectivity index (χ0v) is 11.3. The van der Waals surface area contributed by atoms with Crippen molar-refractivity contribution in [2.24, 2.45) is 10.6 Å². The molecule has 2 rings (SSSR count). The maximum atomic E-state index is 11.0. The highest BCUT2D eigenvalue weighted by Gasteiger charge is 2.47. The number of hydrogen-bond acceptors (Lipinski definition) is 3. The van der Waals surface area contributed by atoms with Gasteiger partial charge in [0, 0.05) is 18.5 Å². The van der Waals surface area contributed by atoms with E-state index in [1.165, 1.54) is 4.31 Å². The van der Waals surface area contributed by atoms with Gasteiger partial charge in [-0.2, -0.15) is 12.7 Å². The zero-order valence-electron chi connectivity index (χ0n) is 10.4. The lowest BCUT2D eigenvalue weighted by molar-refractivity contribution is 0.00754. The molecule has 0 atom stereocenters. The van der Waals surface area contributed by atoms with Crippen LogP contribution in [0.3, 0.4) is 0 Å². The van der Waals surface area contributed by atoms with Gasteiger partial charge in [0.15, 0.2) is 0 Å². The minimum Gasteiger partial charge on any atom is -0.306 e. The minimum absolute atomic E-state index is 0.235. The lowest BCUT2D eigenvalue weighted by Crippen LogP contribution is -2.62. The van der Waals surface area contributed by atoms with E-state index in [9.17, 15) is 8.42 Å². The third-order valence-corrected chi connectivity index (χ3v) is 4.41. The first-order valence-corrected chi connectivity index (χ1v) is 7.38. The molecule has 0 saturated carbocycles. The van der Waals surface area contributed by atoms with Crippen LogP contribution in [0.4, 0.5) is 0 Å². The first kappa shape index (κ1) is 13.9. The van der Waals surface area contributed by atoms with Crippen molar-refractivity contribution in [1.82, 2.24) is 9.21 Å². The molecule has 2 saturated heterocycles. The van der Waals surface area contributed by atoms with Crippen LogP contribution in [0, 0.1) is 5.41 Å². The van der Waals surface area contributed by atoms with Gasteiger partial charge in [-0.25, -0.2) is 5.14 Å². The van der Waals surface area contributed by atoms with Crippen molar-refractivity contribution in [1.29, 1.82) is 0 Å². The molecule has 16 heavy (non-hydrogen) atoms. The summed E-state index contributed by atoms with van der Waals surface area (Å²) in [6, 6.07) is 0. The van der Waals surface area contributed by atoms with Crippen molar-refractivity contribution < 1.29 is 8.42 Å². The summed E-state index contributed by atoms with van der Waals surface area (Å²) in [4.78, 5) is 2.28. The number of hydrogen-bond donors (Lipinski definition) is 1. The van der Waals surface area contributed by atoms with E-state index in [1.807, 2.05) is 13.8 Å². The molecule has 0 aliphatic carbocycles. The van der Waals surface area contributed by atoms with Crippen molar-refractivity contribution in [2.45, 2.75) is 26.7 Å². The van der Waals surface area contributed by atoms with Crippen molar-refractivity contribution in [3.8, 4) is 0 Å². The predicted molar refractivity (Wildman–Crippen MR) is 65.2 cm³/mol. The van der Waals surface area contributed by atoms with Gasteiger partial charge >= 0.3 is 0 Å². The molecule has 6 heteroatoms. The summed E-state index contributed by atoms with van der Waals surface area (Å²) in [6.07, 6.45) is 2.19. The summed E-state index contributed by atoms with van der Waals surface area (Å²) in [6.45, 7) is 7.39. The van der Waals surface area contributed by atoms with Crippen LogP contribution in [-0.4, -0.2) is 50.8 Å². The third-order valence-electron chi connectivity index (χ3n) is 3.43. The lowest BCUT2D eigenvalue weighted by Gasteiger charge is -2.52. The standard InChI is InChI=1S/C8H17N3O2S.C2H6/c1-10-4-2-8(3-5-10)6-11(7-8)14(9,12)13;1-2/h2-7H2,1H3,(H2,9,12,13);1-2H3. The summed E-state index contributed by atoms with van der Waals surface area (Å²) in [5.41, 5.74) is 0.235. The number of likely N-dealkylation sites (tertiary alicyclic amines) is 1. The normalized spacial score (nSPS) is 25.8. The lowest BCUT2D eigenvalue weighted by atomic mass is 9.73. The van der Waals surface area contributed by atoms with Crippen LogP contribution < -0.4 is 5.14 Å². The quantitative estimate of drug-likeness (QED) is 0.724. The average Bonchev–Trinajstić information content (AvgIpc) is 2.17. The zero-order chi connectivity index (χ0) is 12.4. The van der Waals surface area contributed by atoms with Gasteiger partial charge in [0.05, 0.1) is 0 Å². The molecule has 0 amide bonds. The SMILES string of the molecule is CC.CN1CCC2(CC1)CN(S(N)(=O)=O)C2. The van der Waals surface area contributed by atoms with E-state index >= 15 is 0 Å². The van der Waals surface area contributed by atoms with Crippen LogP contribution in [0.1, 0.15) is 26.7 Å².